The third-order valence-corrected chi connectivity index (χ3v) is 6.35. The van der Waals surface area contributed by atoms with Crippen molar-refractivity contribution in [2.45, 2.75) is 24.2 Å². The van der Waals surface area contributed by atoms with Crippen molar-refractivity contribution in [3.8, 4) is 5.75 Å². The molecule has 0 spiro atoms. The summed E-state index contributed by atoms with van der Waals surface area (Å²) in [4.78, 5) is 34.8. The summed E-state index contributed by atoms with van der Waals surface area (Å²) in [5.41, 5.74) is 5.89. The Labute approximate surface area is 168 Å². The first kappa shape index (κ1) is 20.7. The third-order valence-electron chi connectivity index (χ3n) is 4.24. The Bertz CT molecular complexity index is 1120. The number of benzene rings is 1. The van der Waals surface area contributed by atoms with Gasteiger partial charge in [-0.05, 0) is 37.0 Å². The van der Waals surface area contributed by atoms with Crippen LogP contribution in [-0.2, 0) is 27.7 Å². The maximum atomic E-state index is 12.2. The molecule has 154 valence electrons. The molecule has 1 aromatic carbocycles. The highest BCUT2D eigenvalue weighted by Crippen LogP contribution is 2.38. The number of amides is 2. The second kappa shape index (κ2) is 7.77. The average molecular weight is 440 g/mol. The average Bonchev–Trinajstić information content (AvgIpc) is 3.19. The van der Waals surface area contributed by atoms with Crippen molar-refractivity contribution in [1.29, 1.82) is 0 Å². The van der Waals surface area contributed by atoms with Crippen LogP contribution in [0.1, 0.15) is 27.2 Å². The number of fused-ring (bicyclic) bond motifs is 1. The number of nitrogens with zero attached hydrogens (tertiary/aromatic N) is 1. The summed E-state index contributed by atoms with van der Waals surface area (Å²) in [6, 6.07) is 2.82. The van der Waals surface area contributed by atoms with E-state index in [1.807, 2.05) is 0 Å². The van der Waals surface area contributed by atoms with Crippen molar-refractivity contribution in [3.63, 3.8) is 0 Å². The molecule has 0 saturated carbocycles. The number of hydrogen-bond acceptors (Lipinski definition) is 8. The van der Waals surface area contributed by atoms with Gasteiger partial charge >= 0.3 is 5.69 Å². The fourth-order valence-corrected chi connectivity index (χ4v) is 4.84. The molecule has 1 aliphatic carbocycles. The van der Waals surface area contributed by atoms with Crippen LogP contribution in [0, 0.1) is 10.1 Å². The van der Waals surface area contributed by atoms with E-state index in [4.69, 9.17) is 15.6 Å². The van der Waals surface area contributed by atoms with Crippen LogP contribution in [0.4, 0.5) is 10.7 Å². The van der Waals surface area contributed by atoms with E-state index in [1.54, 1.807) is 0 Å². The number of aryl methyl sites for hydroxylation is 1. The zero-order valence-corrected chi connectivity index (χ0v) is 16.5. The van der Waals surface area contributed by atoms with Crippen molar-refractivity contribution in [2.24, 2.45) is 10.9 Å². The Kier molecular flexibility index (Phi) is 5.55. The summed E-state index contributed by atoms with van der Waals surface area (Å²) in [5, 5.41) is 19.0. The Morgan fingerprint density at radius 2 is 2.03 bits per heavy atom. The van der Waals surface area contributed by atoms with E-state index in [9.17, 15) is 28.1 Å². The summed E-state index contributed by atoms with van der Waals surface area (Å²) < 4.78 is 27.9. The number of ether oxygens (including phenoxy) is 1. The molecule has 5 N–H and O–H groups in total. The van der Waals surface area contributed by atoms with Crippen LogP contribution in [0.3, 0.4) is 0 Å². The SMILES string of the molecule is NC(=O)c1c(NC(=O)COc2ccc(S(N)(=O)=O)cc2[N+](=O)[O-])sc2c1CCC2. The summed E-state index contributed by atoms with van der Waals surface area (Å²) in [6.07, 6.45) is 2.42. The number of nitro benzene ring substituents is 1. The summed E-state index contributed by atoms with van der Waals surface area (Å²) in [5.74, 6) is -1.60. The molecule has 0 atom stereocenters. The van der Waals surface area contributed by atoms with Crippen LogP contribution < -0.4 is 20.9 Å². The largest absolute Gasteiger partial charge is 0.477 e. The summed E-state index contributed by atoms with van der Waals surface area (Å²) in [7, 11) is -4.14. The minimum atomic E-state index is -4.14. The number of thiophene rings is 1. The monoisotopic (exact) mass is 440 g/mol. The molecule has 2 aromatic rings. The molecule has 0 unspecified atom stereocenters. The number of primary sulfonamides is 1. The van der Waals surface area contributed by atoms with Crippen LogP contribution in [-0.4, -0.2) is 31.8 Å². The van der Waals surface area contributed by atoms with E-state index in [0.29, 0.717) is 11.4 Å². The van der Waals surface area contributed by atoms with Crippen molar-refractivity contribution in [2.75, 3.05) is 11.9 Å². The van der Waals surface area contributed by atoms with Gasteiger partial charge in [-0.1, -0.05) is 0 Å². The van der Waals surface area contributed by atoms with Crippen LogP contribution in [0.25, 0.3) is 0 Å². The molecule has 13 heteroatoms. The number of anilines is 1. The zero-order valence-electron chi connectivity index (χ0n) is 14.8. The van der Waals surface area contributed by atoms with Gasteiger partial charge in [0.1, 0.15) is 5.00 Å². The minimum absolute atomic E-state index is 0.277. The molecule has 0 fully saturated rings. The highest BCUT2D eigenvalue weighted by atomic mass is 32.2. The molecule has 2 amide bonds. The summed E-state index contributed by atoms with van der Waals surface area (Å²) >= 11 is 1.26. The molecule has 3 rings (SSSR count). The van der Waals surface area contributed by atoms with E-state index < -0.39 is 44.0 Å². The molecule has 1 heterocycles. The first-order chi connectivity index (χ1) is 13.6. The Morgan fingerprint density at radius 1 is 1.31 bits per heavy atom. The lowest BCUT2D eigenvalue weighted by Gasteiger charge is -2.09. The number of carbonyl (C=O) groups is 2. The van der Waals surface area contributed by atoms with Gasteiger partial charge in [0.25, 0.3) is 11.8 Å². The zero-order chi connectivity index (χ0) is 21.3. The predicted molar refractivity (Wildman–Crippen MR) is 103 cm³/mol. The predicted octanol–water partition coefficient (Wildman–Crippen LogP) is 0.909. The molecule has 0 saturated heterocycles. The number of nitrogens with two attached hydrogens (primary N) is 2. The number of hydrogen-bond donors (Lipinski definition) is 3. The second-order valence-corrected chi connectivity index (χ2v) is 8.86. The number of rotatable bonds is 7. The quantitative estimate of drug-likeness (QED) is 0.422. The first-order valence-electron chi connectivity index (χ1n) is 8.26. The molecule has 29 heavy (non-hydrogen) atoms. The lowest BCUT2D eigenvalue weighted by Crippen LogP contribution is -2.22. The number of carbonyl (C=O) groups excluding carboxylic acids is 2. The Hall–Kier alpha value is -3.03. The molecule has 1 aliphatic rings. The molecule has 11 nitrogen and oxygen atoms in total. The molecular formula is C16H16N4O7S2. The minimum Gasteiger partial charge on any atom is -0.477 e. The van der Waals surface area contributed by atoms with Gasteiger partial charge in [-0.3, -0.25) is 19.7 Å². The van der Waals surface area contributed by atoms with Crippen molar-refractivity contribution >= 4 is 43.9 Å². The third kappa shape index (κ3) is 4.36. The van der Waals surface area contributed by atoms with E-state index in [0.717, 1.165) is 41.5 Å². The summed E-state index contributed by atoms with van der Waals surface area (Å²) in [6.45, 7) is -0.601. The number of nitrogens with one attached hydrogen (secondary N) is 1. The van der Waals surface area contributed by atoms with Crippen molar-refractivity contribution in [1.82, 2.24) is 0 Å². The highest BCUT2D eigenvalue weighted by Gasteiger charge is 2.26. The fourth-order valence-electron chi connectivity index (χ4n) is 3.00. The van der Waals surface area contributed by atoms with Crippen molar-refractivity contribution in [3.05, 3.63) is 44.3 Å². The smallest absolute Gasteiger partial charge is 0.312 e. The number of nitro groups is 1. The van der Waals surface area contributed by atoms with Gasteiger partial charge in [0.2, 0.25) is 10.0 Å². The lowest BCUT2D eigenvalue weighted by atomic mass is 10.1. The Balaban J connectivity index is 1.75. The van der Waals surface area contributed by atoms with Crippen LogP contribution in [0.15, 0.2) is 23.1 Å². The van der Waals surface area contributed by atoms with Gasteiger partial charge in [-0.15, -0.1) is 11.3 Å². The molecule has 1 aromatic heterocycles. The molecule has 0 bridgehead atoms. The van der Waals surface area contributed by atoms with Crippen molar-refractivity contribution < 1.29 is 27.7 Å². The van der Waals surface area contributed by atoms with Gasteiger partial charge < -0.3 is 15.8 Å². The normalized spacial score (nSPS) is 13.0. The molecule has 0 radical (unpaired) electrons. The lowest BCUT2D eigenvalue weighted by molar-refractivity contribution is -0.386. The highest BCUT2D eigenvalue weighted by molar-refractivity contribution is 7.89. The van der Waals surface area contributed by atoms with Crippen LogP contribution in [0.2, 0.25) is 0 Å². The van der Waals surface area contributed by atoms with Gasteiger partial charge in [0, 0.05) is 10.9 Å². The van der Waals surface area contributed by atoms with E-state index in [-0.39, 0.29) is 11.3 Å². The van der Waals surface area contributed by atoms with E-state index in [2.05, 4.69) is 5.32 Å². The number of primary amides is 1. The van der Waals surface area contributed by atoms with E-state index in [1.165, 1.54) is 11.3 Å². The topological polar surface area (TPSA) is 185 Å². The van der Waals surface area contributed by atoms with Gasteiger partial charge in [0.15, 0.2) is 12.4 Å². The van der Waals surface area contributed by atoms with Gasteiger partial charge in [-0.25, -0.2) is 13.6 Å². The molecule has 0 aliphatic heterocycles. The maximum Gasteiger partial charge on any atom is 0.312 e. The maximum absolute atomic E-state index is 12.2. The Morgan fingerprint density at radius 3 is 2.66 bits per heavy atom. The second-order valence-electron chi connectivity index (χ2n) is 6.19. The van der Waals surface area contributed by atoms with Gasteiger partial charge in [-0.2, -0.15) is 0 Å². The number of sulfonamides is 1. The van der Waals surface area contributed by atoms with Crippen LogP contribution >= 0.6 is 11.3 Å². The van der Waals surface area contributed by atoms with E-state index >= 15 is 0 Å². The standard InChI is InChI=1S/C16H16N4O7S2/c17-15(22)14-9-2-1-3-12(9)28-16(14)19-13(21)7-27-11-5-4-8(29(18,25)26)6-10(11)20(23)24/h4-6H,1-3,7H2,(H2,17,22)(H,19,21)(H2,18,25,26). The fraction of sp³-hybridized carbons (Fsp3) is 0.250. The van der Waals surface area contributed by atoms with Gasteiger partial charge in [0.05, 0.1) is 15.4 Å². The molecular weight excluding hydrogens is 424 g/mol. The first-order valence-corrected chi connectivity index (χ1v) is 10.6. The van der Waals surface area contributed by atoms with Crippen LogP contribution in [0.5, 0.6) is 5.75 Å².